The van der Waals surface area contributed by atoms with Gasteiger partial charge >= 0.3 is 0 Å². The predicted octanol–water partition coefficient (Wildman–Crippen LogP) is 3.75. The number of nitrogens with one attached hydrogen (secondary N) is 1. The summed E-state index contributed by atoms with van der Waals surface area (Å²) in [6.07, 6.45) is 8.20. The Bertz CT molecular complexity index is 201. The van der Waals surface area contributed by atoms with E-state index in [9.17, 15) is 0 Å². The second kappa shape index (κ2) is 6.75. The van der Waals surface area contributed by atoms with Crippen LogP contribution >= 0.6 is 0 Å². The molecular formula is C15H31NO. The van der Waals surface area contributed by atoms with Crippen molar-refractivity contribution in [2.75, 3.05) is 19.8 Å². The first-order valence-corrected chi connectivity index (χ1v) is 7.30. The predicted molar refractivity (Wildman–Crippen MR) is 74.4 cm³/mol. The summed E-state index contributed by atoms with van der Waals surface area (Å²) >= 11 is 0. The summed E-state index contributed by atoms with van der Waals surface area (Å²) in [5.74, 6) is 0. The van der Waals surface area contributed by atoms with E-state index in [0.717, 1.165) is 13.2 Å². The molecule has 0 atom stereocenters. The maximum Gasteiger partial charge on any atom is 0.0466 e. The number of hydrogen-bond donors (Lipinski definition) is 1. The van der Waals surface area contributed by atoms with Gasteiger partial charge in [-0.3, -0.25) is 0 Å². The Morgan fingerprint density at radius 3 is 2.35 bits per heavy atom. The highest BCUT2D eigenvalue weighted by Crippen LogP contribution is 2.41. The van der Waals surface area contributed by atoms with Crippen LogP contribution in [0.25, 0.3) is 0 Å². The Balaban J connectivity index is 2.34. The molecule has 102 valence electrons. The molecule has 1 fully saturated rings. The molecular weight excluding hydrogens is 210 g/mol. The zero-order valence-electron chi connectivity index (χ0n) is 12.3. The summed E-state index contributed by atoms with van der Waals surface area (Å²) in [5.41, 5.74) is 0.805. The van der Waals surface area contributed by atoms with Crippen molar-refractivity contribution in [2.24, 2.45) is 5.41 Å². The molecule has 1 aliphatic rings. The Labute approximate surface area is 108 Å². The molecule has 0 saturated heterocycles. The quantitative estimate of drug-likeness (QED) is 0.685. The second-order valence-electron chi connectivity index (χ2n) is 6.61. The Hall–Kier alpha value is -0.0800. The molecule has 0 aromatic heterocycles. The summed E-state index contributed by atoms with van der Waals surface area (Å²) in [7, 11) is 0. The van der Waals surface area contributed by atoms with Gasteiger partial charge in [0.1, 0.15) is 0 Å². The summed E-state index contributed by atoms with van der Waals surface area (Å²) < 4.78 is 5.46. The van der Waals surface area contributed by atoms with Gasteiger partial charge in [-0.15, -0.1) is 0 Å². The summed E-state index contributed by atoms with van der Waals surface area (Å²) in [4.78, 5) is 0. The minimum atomic E-state index is 0.246. The van der Waals surface area contributed by atoms with Crippen molar-refractivity contribution < 1.29 is 4.74 Å². The van der Waals surface area contributed by atoms with Gasteiger partial charge < -0.3 is 10.1 Å². The van der Waals surface area contributed by atoms with E-state index >= 15 is 0 Å². The van der Waals surface area contributed by atoms with Gasteiger partial charge in [0.15, 0.2) is 0 Å². The number of hydrogen-bond acceptors (Lipinski definition) is 2. The average molecular weight is 241 g/mol. The van der Waals surface area contributed by atoms with E-state index in [1.807, 2.05) is 0 Å². The molecule has 0 amide bonds. The van der Waals surface area contributed by atoms with E-state index in [0.29, 0.717) is 5.41 Å². The van der Waals surface area contributed by atoms with Gasteiger partial charge in [-0.1, -0.05) is 12.8 Å². The van der Waals surface area contributed by atoms with Crippen molar-refractivity contribution >= 4 is 0 Å². The highest BCUT2D eigenvalue weighted by Gasteiger charge is 2.33. The Morgan fingerprint density at radius 2 is 1.82 bits per heavy atom. The van der Waals surface area contributed by atoms with Crippen LogP contribution in [-0.2, 0) is 4.74 Å². The number of ether oxygens (including phenoxy) is 1. The highest BCUT2D eigenvalue weighted by molar-refractivity contribution is 4.88. The lowest BCUT2D eigenvalue weighted by Crippen LogP contribution is -2.43. The normalized spacial score (nSPS) is 19.8. The van der Waals surface area contributed by atoms with Crippen LogP contribution in [-0.4, -0.2) is 25.3 Å². The van der Waals surface area contributed by atoms with Gasteiger partial charge in [-0.2, -0.15) is 0 Å². The highest BCUT2D eigenvalue weighted by atomic mass is 16.5. The number of rotatable bonds is 7. The lowest BCUT2D eigenvalue weighted by atomic mass is 9.81. The monoisotopic (exact) mass is 241 g/mol. The van der Waals surface area contributed by atoms with Crippen molar-refractivity contribution in [3.05, 3.63) is 0 Å². The molecule has 0 heterocycles. The summed E-state index contributed by atoms with van der Waals surface area (Å²) in [6, 6.07) is 0. The van der Waals surface area contributed by atoms with Gasteiger partial charge in [0.25, 0.3) is 0 Å². The first kappa shape index (κ1) is 15.0. The minimum absolute atomic E-state index is 0.246. The molecule has 0 aliphatic heterocycles. The summed E-state index contributed by atoms with van der Waals surface area (Å²) in [5, 5.41) is 3.70. The molecule has 0 unspecified atom stereocenters. The zero-order valence-corrected chi connectivity index (χ0v) is 12.3. The average Bonchev–Trinajstić information content (AvgIpc) is 2.71. The van der Waals surface area contributed by atoms with E-state index in [4.69, 9.17) is 4.74 Å². The smallest absolute Gasteiger partial charge is 0.0466 e. The summed E-state index contributed by atoms with van der Waals surface area (Å²) in [6.45, 7) is 11.8. The molecule has 0 bridgehead atoms. The standard InChI is InChI=1S/C15H31NO/c1-5-17-12-8-11-15(9-6-7-10-15)13-16-14(2,3)4/h16H,5-13H2,1-4H3. The van der Waals surface area contributed by atoms with Crippen LogP contribution in [0.5, 0.6) is 0 Å². The fourth-order valence-corrected chi connectivity index (χ4v) is 2.79. The van der Waals surface area contributed by atoms with Crippen molar-refractivity contribution in [2.45, 2.75) is 71.8 Å². The molecule has 2 heteroatoms. The molecule has 1 N–H and O–H groups in total. The van der Waals surface area contributed by atoms with Gasteiger partial charge in [-0.25, -0.2) is 0 Å². The molecule has 0 spiro atoms. The van der Waals surface area contributed by atoms with Crippen LogP contribution in [0.1, 0.15) is 66.2 Å². The van der Waals surface area contributed by atoms with E-state index in [-0.39, 0.29) is 5.54 Å². The molecule has 2 nitrogen and oxygen atoms in total. The van der Waals surface area contributed by atoms with Crippen LogP contribution in [0.4, 0.5) is 0 Å². The van der Waals surface area contributed by atoms with Gasteiger partial charge in [0.05, 0.1) is 0 Å². The lowest BCUT2D eigenvalue weighted by molar-refractivity contribution is 0.125. The molecule has 1 aliphatic carbocycles. The van der Waals surface area contributed by atoms with E-state index in [2.05, 4.69) is 33.0 Å². The van der Waals surface area contributed by atoms with Crippen LogP contribution in [0, 0.1) is 5.41 Å². The van der Waals surface area contributed by atoms with Crippen LogP contribution in [0.3, 0.4) is 0 Å². The van der Waals surface area contributed by atoms with Crippen LogP contribution < -0.4 is 5.32 Å². The fourth-order valence-electron chi connectivity index (χ4n) is 2.79. The second-order valence-corrected chi connectivity index (χ2v) is 6.61. The third-order valence-electron chi connectivity index (χ3n) is 3.86. The largest absolute Gasteiger partial charge is 0.382 e. The SMILES string of the molecule is CCOCCCC1(CNC(C)(C)C)CCCC1. The molecule has 0 aromatic rings. The maximum absolute atomic E-state index is 5.46. The molecule has 1 saturated carbocycles. The fraction of sp³-hybridized carbons (Fsp3) is 1.00. The topological polar surface area (TPSA) is 21.3 Å². The first-order chi connectivity index (χ1) is 7.97. The minimum Gasteiger partial charge on any atom is -0.382 e. The van der Waals surface area contributed by atoms with Crippen molar-refractivity contribution in [1.82, 2.24) is 5.32 Å². The van der Waals surface area contributed by atoms with Crippen LogP contribution in [0.2, 0.25) is 0 Å². The lowest BCUT2D eigenvalue weighted by Gasteiger charge is -2.33. The van der Waals surface area contributed by atoms with E-state index in [1.165, 1.54) is 45.1 Å². The Morgan fingerprint density at radius 1 is 1.18 bits per heavy atom. The van der Waals surface area contributed by atoms with Crippen molar-refractivity contribution in [1.29, 1.82) is 0 Å². The van der Waals surface area contributed by atoms with Gasteiger partial charge in [0.2, 0.25) is 0 Å². The van der Waals surface area contributed by atoms with Gasteiger partial charge in [-0.05, 0) is 58.8 Å². The van der Waals surface area contributed by atoms with Gasteiger partial charge in [0, 0.05) is 25.3 Å². The zero-order chi connectivity index (χ0) is 12.8. The maximum atomic E-state index is 5.46. The Kier molecular flexibility index (Phi) is 5.94. The van der Waals surface area contributed by atoms with Crippen molar-refractivity contribution in [3.63, 3.8) is 0 Å². The van der Waals surface area contributed by atoms with E-state index < -0.39 is 0 Å². The molecule has 1 rings (SSSR count). The third kappa shape index (κ3) is 5.87. The van der Waals surface area contributed by atoms with Crippen molar-refractivity contribution in [3.8, 4) is 0 Å². The molecule has 0 aromatic carbocycles. The van der Waals surface area contributed by atoms with Crippen LogP contribution in [0.15, 0.2) is 0 Å². The third-order valence-corrected chi connectivity index (χ3v) is 3.86. The molecule has 17 heavy (non-hydrogen) atoms. The molecule has 0 radical (unpaired) electrons. The van der Waals surface area contributed by atoms with E-state index in [1.54, 1.807) is 0 Å². The first-order valence-electron chi connectivity index (χ1n) is 7.30.